The lowest BCUT2D eigenvalue weighted by Gasteiger charge is -2.16. The van der Waals surface area contributed by atoms with Crippen LogP contribution in [0.25, 0.3) is 0 Å². The van der Waals surface area contributed by atoms with Crippen molar-refractivity contribution in [3.63, 3.8) is 0 Å². The molecule has 0 saturated carbocycles. The van der Waals surface area contributed by atoms with Crippen LogP contribution in [0.3, 0.4) is 0 Å². The van der Waals surface area contributed by atoms with E-state index in [1.54, 1.807) is 7.11 Å². The molecule has 31 heavy (non-hydrogen) atoms. The molecule has 0 bridgehead atoms. The number of methoxy groups -OCH3 is 1. The van der Waals surface area contributed by atoms with E-state index in [0.717, 1.165) is 38.2 Å². The van der Waals surface area contributed by atoms with E-state index in [0.29, 0.717) is 32.1 Å². The number of hydrogen-bond donors (Lipinski definition) is 3. The van der Waals surface area contributed by atoms with Gasteiger partial charge in [0.25, 0.3) is 5.91 Å². The number of carbonyl (C=O) groups is 1. The fraction of sp³-hybridized carbons (Fsp3) is 0.600. The highest BCUT2D eigenvalue weighted by molar-refractivity contribution is 14.0. The number of benzene rings is 1. The SMILES string of the molecule is CCNC(=NCCN(C)CCCOC)NCCNC(=O)c1ccc(C(F)(F)F)cc1.I. The van der Waals surface area contributed by atoms with E-state index in [-0.39, 0.29) is 29.5 Å². The predicted molar refractivity (Wildman–Crippen MR) is 127 cm³/mol. The quantitative estimate of drug-likeness (QED) is 0.159. The summed E-state index contributed by atoms with van der Waals surface area (Å²) < 4.78 is 42.8. The number of guanidine groups is 1. The minimum Gasteiger partial charge on any atom is -0.385 e. The minimum absolute atomic E-state index is 0. The molecule has 0 aliphatic carbocycles. The molecule has 1 aromatic rings. The Morgan fingerprint density at radius 1 is 1.10 bits per heavy atom. The van der Waals surface area contributed by atoms with Gasteiger partial charge in [-0.2, -0.15) is 13.2 Å². The normalized spacial score (nSPS) is 11.8. The molecule has 0 heterocycles. The van der Waals surface area contributed by atoms with Gasteiger partial charge < -0.3 is 25.6 Å². The molecule has 3 N–H and O–H groups in total. The van der Waals surface area contributed by atoms with E-state index in [9.17, 15) is 18.0 Å². The molecule has 7 nitrogen and oxygen atoms in total. The molecule has 1 amide bonds. The first kappa shape index (κ1) is 29.4. The molecular formula is C20H33F3IN5O2. The number of halogens is 4. The number of nitrogens with one attached hydrogen (secondary N) is 3. The molecule has 11 heteroatoms. The maximum absolute atomic E-state index is 12.6. The van der Waals surface area contributed by atoms with Crippen molar-refractivity contribution < 1.29 is 22.7 Å². The molecule has 0 aliphatic heterocycles. The molecule has 0 saturated heterocycles. The fourth-order valence-electron chi connectivity index (χ4n) is 2.53. The summed E-state index contributed by atoms with van der Waals surface area (Å²) in [6.45, 7) is 6.50. The lowest BCUT2D eigenvalue weighted by Crippen LogP contribution is -2.42. The lowest BCUT2D eigenvalue weighted by atomic mass is 10.1. The van der Waals surface area contributed by atoms with Gasteiger partial charge in [-0.25, -0.2) is 0 Å². The Morgan fingerprint density at radius 2 is 1.74 bits per heavy atom. The summed E-state index contributed by atoms with van der Waals surface area (Å²) in [5, 5.41) is 8.92. The number of carbonyl (C=O) groups excluding carboxylic acids is 1. The molecule has 0 atom stereocenters. The van der Waals surface area contributed by atoms with Crippen molar-refractivity contribution in [2.75, 3.05) is 60.0 Å². The zero-order valence-corrected chi connectivity index (χ0v) is 20.5. The Labute approximate surface area is 199 Å². The van der Waals surface area contributed by atoms with E-state index in [2.05, 4.69) is 25.8 Å². The highest BCUT2D eigenvalue weighted by atomic mass is 127. The Bertz CT molecular complexity index is 657. The average Bonchev–Trinajstić information content (AvgIpc) is 2.70. The van der Waals surface area contributed by atoms with Gasteiger partial charge in [0.1, 0.15) is 0 Å². The van der Waals surface area contributed by atoms with Crippen LogP contribution in [0.1, 0.15) is 29.3 Å². The number of hydrogen-bond acceptors (Lipinski definition) is 4. The lowest BCUT2D eigenvalue weighted by molar-refractivity contribution is -0.137. The topological polar surface area (TPSA) is 78.0 Å². The second kappa shape index (κ2) is 16.1. The molecule has 0 fully saturated rings. The van der Waals surface area contributed by atoms with Gasteiger partial charge in [0.15, 0.2) is 5.96 Å². The molecule has 178 valence electrons. The predicted octanol–water partition coefficient (Wildman–Crippen LogP) is 2.58. The van der Waals surface area contributed by atoms with Gasteiger partial charge in [0.2, 0.25) is 0 Å². The smallest absolute Gasteiger partial charge is 0.385 e. The molecule has 1 aromatic carbocycles. The summed E-state index contributed by atoms with van der Waals surface area (Å²) in [6, 6.07) is 4.13. The highest BCUT2D eigenvalue weighted by Gasteiger charge is 2.30. The van der Waals surface area contributed by atoms with Crippen LogP contribution in [-0.2, 0) is 10.9 Å². The summed E-state index contributed by atoms with van der Waals surface area (Å²) in [4.78, 5) is 18.7. The summed E-state index contributed by atoms with van der Waals surface area (Å²) >= 11 is 0. The number of rotatable bonds is 12. The van der Waals surface area contributed by atoms with Gasteiger partial charge in [-0.3, -0.25) is 9.79 Å². The number of nitrogens with zero attached hydrogens (tertiary/aromatic N) is 2. The summed E-state index contributed by atoms with van der Waals surface area (Å²) in [6.07, 6.45) is -3.45. The molecule has 0 unspecified atom stereocenters. The second-order valence-electron chi connectivity index (χ2n) is 6.67. The summed E-state index contributed by atoms with van der Waals surface area (Å²) in [5.74, 6) is 0.219. The van der Waals surface area contributed by atoms with Crippen molar-refractivity contribution in [2.24, 2.45) is 4.99 Å². The second-order valence-corrected chi connectivity index (χ2v) is 6.67. The number of likely N-dealkylation sites (N-methyl/N-ethyl adjacent to an activating group) is 1. The van der Waals surface area contributed by atoms with Crippen molar-refractivity contribution in [3.05, 3.63) is 35.4 Å². The minimum atomic E-state index is -4.42. The number of alkyl halides is 3. The van der Waals surface area contributed by atoms with Gasteiger partial charge in [0.05, 0.1) is 12.1 Å². The third-order valence-electron chi connectivity index (χ3n) is 4.16. The molecule has 0 radical (unpaired) electrons. The van der Waals surface area contributed by atoms with Crippen LogP contribution in [0.15, 0.2) is 29.3 Å². The van der Waals surface area contributed by atoms with Gasteiger partial charge in [-0.05, 0) is 44.7 Å². The molecule has 0 aromatic heterocycles. The summed E-state index contributed by atoms with van der Waals surface area (Å²) in [7, 11) is 3.72. The first-order valence-corrected chi connectivity index (χ1v) is 9.93. The van der Waals surface area contributed by atoms with E-state index < -0.39 is 17.6 Å². The molecular weight excluding hydrogens is 526 g/mol. The zero-order chi connectivity index (χ0) is 22.4. The zero-order valence-electron chi connectivity index (χ0n) is 18.2. The van der Waals surface area contributed by atoms with E-state index in [1.807, 2.05) is 14.0 Å². The van der Waals surface area contributed by atoms with Crippen molar-refractivity contribution in [2.45, 2.75) is 19.5 Å². The number of amides is 1. The fourth-order valence-corrected chi connectivity index (χ4v) is 2.53. The monoisotopic (exact) mass is 559 g/mol. The van der Waals surface area contributed by atoms with Crippen LogP contribution in [-0.4, -0.2) is 76.8 Å². The van der Waals surface area contributed by atoms with E-state index >= 15 is 0 Å². The number of aliphatic imine (C=N–C) groups is 1. The van der Waals surface area contributed by atoms with Crippen LogP contribution >= 0.6 is 24.0 Å². The Hall–Kier alpha value is -1.60. The molecule has 0 aliphatic rings. The number of ether oxygens (including phenoxy) is 1. The van der Waals surface area contributed by atoms with E-state index in [1.165, 1.54) is 12.1 Å². The third kappa shape index (κ3) is 12.8. The van der Waals surface area contributed by atoms with Crippen molar-refractivity contribution in [3.8, 4) is 0 Å². The van der Waals surface area contributed by atoms with Gasteiger partial charge >= 0.3 is 6.18 Å². The standard InChI is InChI=1S/C20H32F3N5O2.HI/c1-4-24-19(27-12-14-28(2)13-5-15-30-3)26-11-10-25-18(29)16-6-8-17(9-7-16)20(21,22)23;/h6-9H,4-5,10-15H2,1-3H3,(H,25,29)(H2,24,26,27);1H. The maximum Gasteiger partial charge on any atom is 0.416 e. The maximum atomic E-state index is 12.6. The van der Waals surface area contributed by atoms with Gasteiger partial charge in [-0.15, -0.1) is 24.0 Å². The summed E-state index contributed by atoms with van der Waals surface area (Å²) in [5.41, 5.74) is -0.600. The van der Waals surface area contributed by atoms with Crippen molar-refractivity contribution in [1.82, 2.24) is 20.9 Å². The Kier molecular flexibility index (Phi) is 15.3. The largest absolute Gasteiger partial charge is 0.416 e. The van der Waals surface area contributed by atoms with Crippen LogP contribution in [0.2, 0.25) is 0 Å². The third-order valence-corrected chi connectivity index (χ3v) is 4.16. The Morgan fingerprint density at radius 3 is 2.32 bits per heavy atom. The first-order valence-electron chi connectivity index (χ1n) is 9.93. The van der Waals surface area contributed by atoms with Gasteiger partial charge in [0, 0.05) is 52.0 Å². The highest BCUT2D eigenvalue weighted by Crippen LogP contribution is 2.28. The molecule has 0 spiro atoms. The van der Waals surface area contributed by atoms with Crippen LogP contribution < -0.4 is 16.0 Å². The average molecular weight is 559 g/mol. The van der Waals surface area contributed by atoms with E-state index in [4.69, 9.17) is 4.74 Å². The Balaban J connectivity index is 0.00000900. The first-order chi connectivity index (χ1) is 14.3. The van der Waals surface area contributed by atoms with Crippen LogP contribution in [0, 0.1) is 0 Å². The molecule has 1 rings (SSSR count). The van der Waals surface area contributed by atoms with Crippen LogP contribution in [0.5, 0.6) is 0 Å². The van der Waals surface area contributed by atoms with Gasteiger partial charge in [-0.1, -0.05) is 0 Å². The van der Waals surface area contributed by atoms with Crippen molar-refractivity contribution >= 4 is 35.8 Å². The van der Waals surface area contributed by atoms with Crippen LogP contribution in [0.4, 0.5) is 13.2 Å². The van der Waals surface area contributed by atoms with Crippen molar-refractivity contribution in [1.29, 1.82) is 0 Å².